The Morgan fingerprint density at radius 3 is 1.58 bits per heavy atom. The van der Waals surface area contributed by atoms with Crippen LogP contribution in [-0.4, -0.2) is 62.8 Å². The molecule has 14 heteroatoms. The fourth-order valence-electron chi connectivity index (χ4n) is 5.29. The molecule has 1 heterocycles. The molecule has 0 radical (unpaired) electrons. The first-order valence-electron chi connectivity index (χ1n) is 11.5. The Labute approximate surface area is 218 Å². The molecule has 5 rings (SSSR count). The molecule has 11 nitrogen and oxygen atoms in total. The first-order chi connectivity index (χ1) is 17.6. The second kappa shape index (κ2) is 8.83. The lowest BCUT2D eigenvalue weighted by molar-refractivity contribution is -0.131. The number of rotatable bonds is 5. The van der Waals surface area contributed by atoms with Crippen LogP contribution >= 0.6 is 0 Å². The zero-order valence-corrected chi connectivity index (χ0v) is 22.4. The molecular formula is C24H23NO10S3. The van der Waals surface area contributed by atoms with E-state index < -0.39 is 45.0 Å². The summed E-state index contributed by atoms with van der Waals surface area (Å²) in [6.07, 6.45) is 1.40. The van der Waals surface area contributed by atoms with Crippen molar-refractivity contribution in [3.63, 3.8) is 0 Å². The van der Waals surface area contributed by atoms with Gasteiger partial charge in [-0.05, 0) is 47.2 Å². The van der Waals surface area contributed by atoms with Crippen molar-refractivity contribution < 1.29 is 43.7 Å². The van der Waals surface area contributed by atoms with E-state index in [4.69, 9.17) is 0 Å². The van der Waals surface area contributed by atoms with Crippen LogP contribution in [-0.2, 0) is 41.6 Å². The summed E-state index contributed by atoms with van der Waals surface area (Å²) in [6, 6.07) is 6.96. The van der Waals surface area contributed by atoms with Gasteiger partial charge >= 0.3 is 0 Å². The molecule has 38 heavy (non-hydrogen) atoms. The fraction of sp³-hybridized carbons (Fsp3) is 0.292. The van der Waals surface area contributed by atoms with Gasteiger partial charge in [-0.2, -0.15) is 25.3 Å². The lowest BCUT2D eigenvalue weighted by Gasteiger charge is -2.30. The second-order valence-corrected chi connectivity index (χ2v) is 13.8. The van der Waals surface area contributed by atoms with E-state index in [1.807, 2.05) is 0 Å². The zero-order chi connectivity index (χ0) is 27.8. The summed E-state index contributed by atoms with van der Waals surface area (Å²) in [6.45, 7) is 3.15. The van der Waals surface area contributed by atoms with E-state index in [0.717, 1.165) is 12.8 Å². The largest absolute Gasteiger partial charge is 0.342 e. The summed E-state index contributed by atoms with van der Waals surface area (Å²) in [4.78, 5) is 12.6. The lowest BCUT2D eigenvalue weighted by atomic mass is 9.90. The molecule has 0 aromatic heterocycles. The molecule has 1 aliphatic heterocycles. The molecule has 0 atom stereocenters. The number of carbonyl (C=O) groups excluding carboxylic acids is 1. The van der Waals surface area contributed by atoms with E-state index in [1.165, 1.54) is 30.3 Å². The summed E-state index contributed by atoms with van der Waals surface area (Å²) >= 11 is 0. The average molecular weight is 582 g/mol. The van der Waals surface area contributed by atoms with Crippen LogP contribution in [0.15, 0.2) is 51.1 Å². The van der Waals surface area contributed by atoms with E-state index in [1.54, 1.807) is 4.90 Å². The van der Waals surface area contributed by atoms with Crippen LogP contribution < -0.4 is 0 Å². The number of hydrogen-bond donors (Lipinski definition) is 3. The quantitative estimate of drug-likeness (QED) is 0.234. The maximum atomic E-state index is 13.2. The lowest BCUT2D eigenvalue weighted by Crippen LogP contribution is -2.38. The number of benzene rings is 4. The third-order valence-corrected chi connectivity index (χ3v) is 9.86. The predicted molar refractivity (Wildman–Crippen MR) is 138 cm³/mol. The molecule has 0 aliphatic carbocycles. The van der Waals surface area contributed by atoms with Gasteiger partial charge in [0, 0.05) is 34.6 Å². The first-order valence-corrected chi connectivity index (χ1v) is 15.9. The molecule has 0 spiro atoms. The Kier molecular flexibility index (Phi) is 6.21. The summed E-state index contributed by atoms with van der Waals surface area (Å²) in [5, 5.41) is -0.0322. The number of nitrogens with zero attached hydrogens (tertiary/aromatic N) is 1. The minimum absolute atomic E-state index is 0.0561. The number of carbonyl (C=O) groups is 1. The molecule has 1 fully saturated rings. The maximum Gasteiger partial charge on any atom is 0.295 e. The second-order valence-electron chi connectivity index (χ2n) is 9.64. The third-order valence-electron chi connectivity index (χ3n) is 7.18. The molecule has 4 aromatic carbocycles. The molecule has 202 valence electrons. The van der Waals surface area contributed by atoms with Crippen molar-refractivity contribution in [2.75, 3.05) is 13.1 Å². The van der Waals surface area contributed by atoms with Crippen LogP contribution in [0.3, 0.4) is 0 Å². The molecule has 0 unspecified atom stereocenters. The number of hydrogen-bond acceptors (Lipinski definition) is 7. The van der Waals surface area contributed by atoms with Gasteiger partial charge in [-0.25, -0.2) is 0 Å². The number of likely N-dealkylation sites (tertiary alicyclic amines) is 1. The predicted octanol–water partition coefficient (Wildman–Crippen LogP) is 3.13. The van der Waals surface area contributed by atoms with Gasteiger partial charge in [0.15, 0.2) is 0 Å². The number of piperidine rings is 1. The summed E-state index contributed by atoms with van der Waals surface area (Å²) in [7, 11) is -14.9. The smallest absolute Gasteiger partial charge is 0.295 e. The van der Waals surface area contributed by atoms with Gasteiger partial charge in [0.2, 0.25) is 5.91 Å². The van der Waals surface area contributed by atoms with Crippen molar-refractivity contribution in [2.24, 2.45) is 5.92 Å². The monoisotopic (exact) mass is 581 g/mol. The molecule has 1 saturated heterocycles. The van der Waals surface area contributed by atoms with E-state index >= 15 is 0 Å². The summed E-state index contributed by atoms with van der Waals surface area (Å²) in [5.74, 6) is 0.194. The van der Waals surface area contributed by atoms with Gasteiger partial charge in [-0.3, -0.25) is 18.5 Å². The Morgan fingerprint density at radius 2 is 1.13 bits per heavy atom. The highest BCUT2D eigenvalue weighted by molar-refractivity contribution is 7.87. The molecule has 1 aliphatic rings. The van der Waals surface area contributed by atoms with E-state index in [0.29, 0.717) is 30.5 Å². The Bertz CT molecular complexity index is 1910. The van der Waals surface area contributed by atoms with E-state index in [2.05, 4.69) is 6.92 Å². The van der Waals surface area contributed by atoms with Crippen LogP contribution in [0.4, 0.5) is 0 Å². The summed E-state index contributed by atoms with van der Waals surface area (Å²) < 4.78 is 103. The van der Waals surface area contributed by atoms with Gasteiger partial charge in [0.25, 0.3) is 30.4 Å². The van der Waals surface area contributed by atoms with Crippen molar-refractivity contribution >= 4 is 68.6 Å². The summed E-state index contributed by atoms with van der Waals surface area (Å²) in [5.41, 5.74) is 0.216. The van der Waals surface area contributed by atoms with Gasteiger partial charge in [-0.15, -0.1) is 0 Å². The van der Waals surface area contributed by atoms with Crippen molar-refractivity contribution in [3.8, 4) is 0 Å². The van der Waals surface area contributed by atoms with E-state index in [-0.39, 0.29) is 44.8 Å². The SMILES string of the molecule is CC1CCN(C(=O)Cc2cc(S(=O)(=O)O)c3ccc4c(S(=O)(=O)O)cc(S(=O)(=O)O)c5ccc2c3c54)CC1. The number of amides is 1. The van der Waals surface area contributed by atoms with Crippen LogP contribution in [0.25, 0.3) is 32.3 Å². The topological polar surface area (TPSA) is 183 Å². The Hall–Kier alpha value is -2.88. The first kappa shape index (κ1) is 26.7. The molecular weight excluding hydrogens is 558 g/mol. The maximum absolute atomic E-state index is 13.2. The van der Waals surface area contributed by atoms with Crippen LogP contribution in [0.2, 0.25) is 0 Å². The third kappa shape index (κ3) is 4.50. The minimum atomic E-state index is -5.00. The van der Waals surface area contributed by atoms with Gasteiger partial charge in [0.1, 0.15) is 14.7 Å². The fourth-order valence-corrected chi connectivity index (χ4v) is 7.53. The van der Waals surface area contributed by atoms with Gasteiger partial charge < -0.3 is 4.90 Å². The zero-order valence-electron chi connectivity index (χ0n) is 19.9. The molecule has 0 bridgehead atoms. The van der Waals surface area contributed by atoms with Crippen molar-refractivity contribution in [1.82, 2.24) is 4.90 Å². The van der Waals surface area contributed by atoms with Crippen LogP contribution in [0.1, 0.15) is 25.3 Å². The van der Waals surface area contributed by atoms with Crippen LogP contribution in [0.5, 0.6) is 0 Å². The van der Waals surface area contributed by atoms with Gasteiger partial charge in [-0.1, -0.05) is 31.2 Å². The highest BCUT2D eigenvalue weighted by Crippen LogP contribution is 2.43. The molecule has 4 aromatic rings. The molecule has 3 N–H and O–H groups in total. The average Bonchev–Trinajstić information content (AvgIpc) is 2.81. The Balaban J connectivity index is 1.89. The minimum Gasteiger partial charge on any atom is -0.342 e. The van der Waals surface area contributed by atoms with Crippen molar-refractivity contribution in [3.05, 3.63) is 42.0 Å². The highest BCUT2D eigenvalue weighted by Gasteiger charge is 2.29. The Morgan fingerprint density at radius 1 is 0.737 bits per heavy atom. The molecule has 1 amide bonds. The van der Waals surface area contributed by atoms with E-state index in [9.17, 15) is 43.7 Å². The van der Waals surface area contributed by atoms with Crippen molar-refractivity contribution in [1.29, 1.82) is 0 Å². The van der Waals surface area contributed by atoms with Crippen molar-refractivity contribution in [2.45, 2.75) is 40.9 Å². The van der Waals surface area contributed by atoms with Gasteiger partial charge in [0.05, 0.1) is 6.42 Å². The normalized spacial score (nSPS) is 16.2. The highest BCUT2D eigenvalue weighted by atomic mass is 32.2. The standard InChI is InChI=1S/C24H23NO10S3/c1-13-6-8-25(9-7-13)22(26)11-14-10-19(36(27,28)29)16-4-5-18-21(38(33,34)35)12-20(37(30,31)32)17-3-2-15(14)23(16)24(17)18/h2-5,10,12-13H,6-9,11H2,1H3,(H,27,28,29)(H,30,31,32)(H,33,34,35). The molecule has 0 saturated carbocycles. The van der Waals surface area contributed by atoms with Crippen LogP contribution in [0, 0.1) is 5.92 Å².